The monoisotopic (exact) mass is 219 g/mol. The Morgan fingerprint density at radius 1 is 1.44 bits per heavy atom. The van der Waals surface area contributed by atoms with Gasteiger partial charge in [0, 0.05) is 5.69 Å². The van der Waals surface area contributed by atoms with E-state index in [2.05, 4.69) is 24.0 Å². The van der Waals surface area contributed by atoms with Gasteiger partial charge in [0.05, 0.1) is 13.2 Å². The largest absolute Gasteiger partial charge is 0.464 e. The van der Waals surface area contributed by atoms with Crippen LogP contribution in [0.2, 0.25) is 0 Å². The number of hydrogen-bond donors (Lipinski definition) is 0. The van der Waals surface area contributed by atoms with Gasteiger partial charge < -0.3 is 9.64 Å². The molecule has 3 nitrogen and oxygen atoms in total. The molecule has 2 rings (SSSR count). The third kappa shape index (κ3) is 2.03. The minimum atomic E-state index is -0.103. The van der Waals surface area contributed by atoms with E-state index in [-0.39, 0.29) is 12.0 Å². The smallest absolute Gasteiger partial charge is 0.330 e. The molecule has 0 amide bonds. The van der Waals surface area contributed by atoms with Crippen molar-refractivity contribution >= 4 is 11.7 Å². The summed E-state index contributed by atoms with van der Waals surface area (Å²) < 4.78 is 5.01. The summed E-state index contributed by atoms with van der Waals surface area (Å²) in [6.07, 6.45) is 0.988. The maximum atomic E-state index is 11.5. The number of rotatable bonds is 4. The molecule has 1 heterocycles. The summed E-state index contributed by atoms with van der Waals surface area (Å²) >= 11 is 0. The molecular formula is C13H17NO2. The lowest BCUT2D eigenvalue weighted by molar-refractivity contribution is -0.142. The number of hydrogen-bond acceptors (Lipinski definition) is 3. The summed E-state index contributed by atoms with van der Waals surface area (Å²) in [7, 11) is 0. The topological polar surface area (TPSA) is 29.3 Å². The molecule has 0 radical (unpaired) electrons. The Labute approximate surface area is 96.0 Å². The van der Waals surface area contributed by atoms with Gasteiger partial charge in [0.25, 0.3) is 0 Å². The van der Waals surface area contributed by atoms with Gasteiger partial charge in [-0.1, -0.05) is 25.1 Å². The van der Waals surface area contributed by atoms with Crippen LogP contribution >= 0.6 is 0 Å². The van der Waals surface area contributed by atoms with Crippen LogP contribution in [-0.4, -0.2) is 25.2 Å². The molecule has 0 bridgehead atoms. The standard InChI is InChI=1S/C13H17NO2/c1-3-10-7-5-6-8-11(10)14-9-12(14)13(15)16-4-2/h5-8,12H,3-4,9H2,1-2H3. The molecule has 1 aromatic rings. The van der Waals surface area contributed by atoms with Crippen molar-refractivity contribution in [3.8, 4) is 0 Å². The average Bonchev–Trinajstić information content (AvgIpc) is 3.09. The van der Waals surface area contributed by atoms with Crippen molar-refractivity contribution in [3.63, 3.8) is 0 Å². The number of aryl methyl sites for hydroxylation is 1. The molecule has 1 unspecified atom stereocenters. The van der Waals surface area contributed by atoms with E-state index in [9.17, 15) is 4.79 Å². The van der Waals surface area contributed by atoms with Gasteiger partial charge in [-0.25, -0.2) is 4.79 Å². The highest BCUT2D eigenvalue weighted by Gasteiger charge is 2.42. The second-order valence-electron chi connectivity index (χ2n) is 3.90. The molecule has 1 saturated heterocycles. The van der Waals surface area contributed by atoms with E-state index in [1.54, 1.807) is 0 Å². The third-order valence-electron chi connectivity index (χ3n) is 2.85. The number of carbonyl (C=O) groups excluding carboxylic acids is 1. The SMILES string of the molecule is CCOC(=O)C1CN1c1ccccc1CC. The van der Waals surface area contributed by atoms with Gasteiger partial charge >= 0.3 is 5.97 Å². The Hall–Kier alpha value is -1.51. The molecule has 0 aliphatic carbocycles. The van der Waals surface area contributed by atoms with Crippen molar-refractivity contribution < 1.29 is 9.53 Å². The number of anilines is 1. The van der Waals surface area contributed by atoms with Crippen molar-refractivity contribution in [1.82, 2.24) is 0 Å². The van der Waals surface area contributed by atoms with Crippen LogP contribution in [0.1, 0.15) is 19.4 Å². The van der Waals surface area contributed by atoms with Gasteiger partial charge in [-0.05, 0) is 25.0 Å². The molecule has 1 aromatic carbocycles. The lowest BCUT2D eigenvalue weighted by atomic mass is 10.1. The van der Waals surface area contributed by atoms with Gasteiger partial charge in [-0.15, -0.1) is 0 Å². The molecule has 1 aliphatic rings. The summed E-state index contributed by atoms with van der Waals surface area (Å²) in [6.45, 7) is 5.21. The summed E-state index contributed by atoms with van der Waals surface area (Å²) in [5.41, 5.74) is 2.46. The predicted molar refractivity (Wildman–Crippen MR) is 63.6 cm³/mol. The first-order chi connectivity index (χ1) is 7.77. The van der Waals surface area contributed by atoms with Crippen LogP contribution in [0, 0.1) is 0 Å². The molecule has 1 atom stereocenters. The molecule has 16 heavy (non-hydrogen) atoms. The Bertz CT molecular complexity index is 389. The maximum absolute atomic E-state index is 11.5. The number of carbonyl (C=O) groups is 1. The van der Waals surface area contributed by atoms with Crippen LogP contribution in [0.4, 0.5) is 5.69 Å². The van der Waals surface area contributed by atoms with Crippen molar-refractivity contribution in [2.24, 2.45) is 0 Å². The summed E-state index contributed by atoms with van der Waals surface area (Å²) in [6, 6.07) is 8.15. The van der Waals surface area contributed by atoms with Gasteiger partial charge in [-0.2, -0.15) is 0 Å². The highest BCUT2D eigenvalue weighted by Crippen LogP contribution is 2.31. The maximum Gasteiger partial charge on any atom is 0.330 e. The van der Waals surface area contributed by atoms with Crippen LogP contribution in [0.25, 0.3) is 0 Å². The molecule has 1 fully saturated rings. The summed E-state index contributed by atoms with van der Waals surface area (Å²) in [4.78, 5) is 13.6. The van der Waals surface area contributed by atoms with E-state index in [4.69, 9.17) is 4.74 Å². The zero-order valence-electron chi connectivity index (χ0n) is 9.77. The van der Waals surface area contributed by atoms with Gasteiger partial charge in [0.1, 0.15) is 6.04 Å². The Morgan fingerprint density at radius 3 is 2.88 bits per heavy atom. The molecule has 0 aromatic heterocycles. The van der Waals surface area contributed by atoms with Crippen LogP contribution < -0.4 is 4.90 Å². The van der Waals surface area contributed by atoms with Crippen LogP contribution in [-0.2, 0) is 16.0 Å². The number of benzene rings is 1. The highest BCUT2D eigenvalue weighted by atomic mass is 16.5. The fourth-order valence-electron chi connectivity index (χ4n) is 1.94. The minimum absolute atomic E-state index is 0.0624. The first-order valence-electron chi connectivity index (χ1n) is 5.79. The van der Waals surface area contributed by atoms with Crippen LogP contribution in [0.3, 0.4) is 0 Å². The first kappa shape index (κ1) is 11.0. The Kier molecular flexibility index (Phi) is 3.13. The third-order valence-corrected chi connectivity index (χ3v) is 2.85. The lowest BCUT2D eigenvalue weighted by Crippen LogP contribution is -2.16. The highest BCUT2D eigenvalue weighted by molar-refractivity contribution is 5.87. The molecule has 0 saturated carbocycles. The van der Waals surface area contributed by atoms with E-state index in [0.29, 0.717) is 6.61 Å². The van der Waals surface area contributed by atoms with E-state index >= 15 is 0 Å². The van der Waals surface area contributed by atoms with Crippen molar-refractivity contribution in [3.05, 3.63) is 29.8 Å². The first-order valence-corrected chi connectivity index (χ1v) is 5.79. The molecule has 0 N–H and O–H groups in total. The van der Waals surface area contributed by atoms with Gasteiger partial charge in [0.15, 0.2) is 0 Å². The van der Waals surface area contributed by atoms with Crippen molar-refractivity contribution in [1.29, 1.82) is 0 Å². The molecule has 3 heteroatoms. The zero-order chi connectivity index (χ0) is 11.5. The Morgan fingerprint density at radius 2 is 2.19 bits per heavy atom. The number of esters is 1. The normalized spacial score (nSPS) is 18.4. The van der Waals surface area contributed by atoms with E-state index in [0.717, 1.165) is 13.0 Å². The lowest BCUT2D eigenvalue weighted by Gasteiger charge is -2.10. The second kappa shape index (κ2) is 4.56. The van der Waals surface area contributed by atoms with E-state index in [1.807, 2.05) is 19.1 Å². The van der Waals surface area contributed by atoms with Crippen LogP contribution in [0.15, 0.2) is 24.3 Å². The van der Waals surface area contributed by atoms with E-state index in [1.165, 1.54) is 11.3 Å². The zero-order valence-corrected chi connectivity index (χ0v) is 9.77. The summed E-state index contributed by atoms with van der Waals surface area (Å²) in [5, 5.41) is 0. The minimum Gasteiger partial charge on any atom is -0.464 e. The Balaban J connectivity index is 2.08. The molecule has 1 aliphatic heterocycles. The quantitative estimate of drug-likeness (QED) is 0.573. The molecular weight excluding hydrogens is 202 g/mol. The predicted octanol–water partition coefficient (Wildman–Crippen LogP) is 2.00. The number of ether oxygens (including phenoxy) is 1. The second-order valence-corrected chi connectivity index (χ2v) is 3.90. The van der Waals surface area contributed by atoms with E-state index < -0.39 is 0 Å². The number of para-hydroxylation sites is 1. The van der Waals surface area contributed by atoms with Crippen molar-refractivity contribution in [2.45, 2.75) is 26.3 Å². The molecule has 0 spiro atoms. The summed E-state index contributed by atoms with van der Waals surface area (Å²) in [5.74, 6) is -0.103. The van der Waals surface area contributed by atoms with Crippen LogP contribution in [0.5, 0.6) is 0 Å². The van der Waals surface area contributed by atoms with Crippen molar-refractivity contribution in [2.75, 3.05) is 18.1 Å². The molecule has 86 valence electrons. The number of nitrogens with zero attached hydrogens (tertiary/aromatic N) is 1. The van der Waals surface area contributed by atoms with Gasteiger partial charge in [-0.3, -0.25) is 0 Å². The van der Waals surface area contributed by atoms with Gasteiger partial charge in [0.2, 0.25) is 0 Å². The fraction of sp³-hybridized carbons (Fsp3) is 0.462. The fourth-order valence-corrected chi connectivity index (χ4v) is 1.94. The average molecular weight is 219 g/mol.